The first-order valence-electron chi connectivity index (χ1n) is 10.1. The zero-order valence-corrected chi connectivity index (χ0v) is 18.0. The van der Waals surface area contributed by atoms with E-state index >= 15 is 0 Å². The van der Waals surface area contributed by atoms with Crippen LogP contribution in [0.5, 0.6) is 11.5 Å². The van der Waals surface area contributed by atoms with Crippen LogP contribution in [-0.2, 0) is 0 Å². The summed E-state index contributed by atoms with van der Waals surface area (Å²) >= 11 is 0. The number of amides is 1. The van der Waals surface area contributed by atoms with Crippen molar-refractivity contribution in [3.05, 3.63) is 76.6 Å². The molecule has 0 saturated heterocycles. The molecule has 0 spiro atoms. The molecule has 164 valence electrons. The fourth-order valence-corrected chi connectivity index (χ4v) is 3.72. The molecule has 3 aromatic rings. The van der Waals surface area contributed by atoms with Gasteiger partial charge >= 0.3 is 0 Å². The van der Waals surface area contributed by atoms with Crippen molar-refractivity contribution in [1.82, 2.24) is 4.98 Å². The molecule has 1 aromatic heterocycles. The molecule has 4 rings (SSSR count). The maximum atomic E-state index is 12.4. The Morgan fingerprint density at radius 1 is 1.22 bits per heavy atom. The van der Waals surface area contributed by atoms with Crippen molar-refractivity contribution in [2.45, 2.75) is 26.9 Å². The lowest BCUT2D eigenvalue weighted by Crippen LogP contribution is -2.29. The van der Waals surface area contributed by atoms with Gasteiger partial charge in [-0.15, -0.1) is 0 Å². The van der Waals surface area contributed by atoms with Crippen LogP contribution < -0.4 is 20.5 Å². The number of anilines is 2. The van der Waals surface area contributed by atoms with Crippen LogP contribution in [0, 0.1) is 20.8 Å². The molecule has 8 nitrogen and oxygen atoms in total. The van der Waals surface area contributed by atoms with E-state index < -0.39 is 6.10 Å². The van der Waals surface area contributed by atoms with Crippen molar-refractivity contribution < 1.29 is 19.5 Å². The maximum absolute atomic E-state index is 12.4. The van der Waals surface area contributed by atoms with E-state index in [-0.39, 0.29) is 12.5 Å². The molecule has 1 aliphatic heterocycles. The predicted octanol–water partition coefficient (Wildman–Crippen LogP) is 3.86. The minimum absolute atomic E-state index is 0.117. The Labute approximate surface area is 185 Å². The Bertz CT molecular complexity index is 1210. The molecule has 0 bridgehead atoms. The zero-order chi connectivity index (χ0) is 22.8. The molecule has 0 radical (unpaired) electrons. The summed E-state index contributed by atoms with van der Waals surface area (Å²) in [6, 6.07) is 10.4. The van der Waals surface area contributed by atoms with E-state index in [0.29, 0.717) is 39.7 Å². The van der Waals surface area contributed by atoms with Crippen LogP contribution >= 0.6 is 0 Å². The second-order valence-electron chi connectivity index (χ2n) is 7.62. The summed E-state index contributed by atoms with van der Waals surface area (Å²) < 4.78 is 12.0. The van der Waals surface area contributed by atoms with Crippen molar-refractivity contribution in [2.75, 3.05) is 17.7 Å². The van der Waals surface area contributed by atoms with Gasteiger partial charge in [0, 0.05) is 29.8 Å². The van der Waals surface area contributed by atoms with Gasteiger partial charge in [0.1, 0.15) is 23.8 Å². The van der Waals surface area contributed by atoms with Crippen LogP contribution in [0.15, 0.2) is 53.9 Å². The van der Waals surface area contributed by atoms with Crippen LogP contribution in [0.2, 0.25) is 0 Å². The third kappa shape index (κ3) is 3.82. The maximum Gasteiger partial charge on any atom is 0.257 e. The Balaban J connectivity index is 1.48. The number of hydrogen-bond donors (Lipinski definition) is 3. The van der Waals surface area contributed by atoms with Crippen LogP contribution in [-0.4, -0.2) is 34.5 Å². The average Bonchev–Trinajstić information content (AvgIpc) is 3.19. The van der Waals surface area contributed by atoms with Crippen molar-refractivity contribution in [2.24, 2.45) is 5.16 Å². The molecule has 4 N–H and O–H groups in total. The van der Waals surface area contributed by atoms with Gasteiger partial charge in [-0.1, -0.05) is 11.2 Å². The van der Waals surface area contributed by atoms with Crippen LogP contribution in [0.4, 0.5) is 11.4 Å². The van der Waals surface area contributed by atoms with Crippen molar-refractivity contribution in [3.8, 4) is 11.5 Å². The van der Waals surface area contributed by atoms with E-state index in [0.717, 1.165) is 16.7 Å². The normalized spacial score (nSPS) is 15.8. The van der Waals surface area contributed by atoms with Gasteiger partial charge in [0.25, 0.3) is 5.91 Å². The summed E-state index contributed by atoms with van der Waals surface area (Å²) in [7, 11) is 0. The lowest BCUT2D eigenvalue weighted by molar-refractivity contribution is 0.102. The van der Waals surface area contributed by atoms with Gasteiger partial charge in [0.15, 0.2) is 6.10 Å². The second-order valence-corrected chi connectivity index (χ2v) is 7.62. The average molecular weight is 432 g/mol. The molecule has 2 heterocycles. The summed E-state index contributed by atoms with van der Waals surface area (Å²) in [6.07, 6.45) is 2.51. The van der Waals surface area contributed by atoms with E-state index in [1.165, 1.54) is 6.20 Å². The minimum Gasteiger partial charge on any atom is -0.489 e. The number of carbonyl (C=O) groups excluding carboxylic acids is 1. The SMILES string of the molecule is Cc1c(C)c2c(c(C)c1N)/C(=N/O)C(COc1cccc(NC(=O)c3cccnc3)c1)O2. The number of aromatic nitrogens is 1. The number of benzene rings is 2. The number of rotatable bonds is 5. The number of hydrogen-bond acceptors (Lipinski definition) is 7. The molecule has 1 unspecified atom stereocenters. The van der Waals surface area contributed by atoms with E-state index in [1.54, 1.807) is 42.6 Å². The van der Waals surface area contributed by atoms with Gasteiger partial charge in [-0.25, -0.2) is 0 Å². The van der Waals surface area contributed by atoms with Crippen LogP contribution in [0.3, 0.4) is 0 Å². The Hall–Kier alpha value is -4.07. The van der Waals surface area contributed by atoms with Crippen molar-refractivity contribution in [1.29, 1.82) is 0 Å². The highest BCUT2D eigenvalue weighted by atomic mass is 16.5. The summed E-state index contributed by atoms with van der Waals surface area (Å²) in [5.41, 5.74) is 11.7. The number of nitrogens with zero attached hydrogens (tertiary/aromatic N) is 2. The van der Waals surface area contributed by atoms with E-state index in [9.17, 15) is 10.0 Å². The highest BCUT2D eigenvalue weighted by Crippen LogP contribution is 2.40. The standard InChI is InChI=1S/C24H24N4O4/c1-13-14(2)23-20(15(3)21(13)25)22(28-30)19(32-23)12-31-18-8-4-7-17(10-18)27-24(29)16-6-5-9-26-11-16/h4-11,19,30H,12,25H2,1-3H3,(H,27,29)/b28-22+. The molecular formula is C24H24N4O4. The number of fused-ring (bicyclic) bond motifs is 1. The monoisotopic (exact) mass is 432 g/mol. The lowest BCUT2D eigenvalue weighted by Gasteiger charge is -2.14. The number of nitrogens with one attached hydrogen (secondary N) is 1. The van der Waals surface area contributed by atoms with E-state index in [1.807, 2.05) is 20.8 Å². The predicted molar refractivity (Wildman–Crippen MR) is 122 cm³/mol. The lowest BCUT2D eigenvalue weighted by atomic mass is 9.94. The molecule has 8 heteroatoms. The molecule has 32 heavy (non-hydrogen) atoms. The number of pyridine rings is 1. The number of nitrogens with two attached hydrogens (primary N) is 1. The second kappa shape index (κ2) is 8.58. The van der Waals surface area contributed by atoms with Gasteiger partial charge in [-0.3, -0.25) is 9.78 Å². The molecule has 0 saturated carbocycles. The van der Waals surface area contributed by atoms with Gasteiger partial charge in [0.2, 0.25) is 0 Å². The molecule has 0 aliphatic carbocycles. The fourth-order valence-electron chi connectivity index (χ4n) is 3.72. The molecule has 1 aliphatic rings. The zero-order valence-electron chi connectivity index (χ0n) is 18.0. The summed E-state index contributed by atoms with van der Waals surface area (Å²) in [6.45, 7) is 5.86. The first-order chi connectivity index (χ1) is 15.4. The summed E-state index contributed by atoms with van der Waals surface area (Å²) in [5, 5.41) is 16.0. The Kier molecular flexibility index (Phi) is 5.68. The highest BCUT2D eigenvalue weighted by Gasteiger charge is 2.36. The van der Waals surface area contributed by atoms with Gasteiger partial charge in [-0.2, -0.15) is 0 Å². The third-order valence-corrected chi connectivity index (χ3v) is 5.66. The number of oxime groups is 1. The summed E-state index contributed by atoms with van der Waals surface area (Å²) in [5.74, 6) is 0.932. The molecular weight excluding hydrogens is 408 g/mol. The fraction of sp³-hybridized carbons (Fsp3) is 0.208. The molecule has 2 aromatic carbocycles. The van der Waals surface area contributed by atoms with Gasteiger partial charge in [0.05, 0.1) is 11.1 Å². The Morgan fingerprint density at radius 2 is 2.03 bits per heavy atom. The topological polar surface area (TPSA) is 119 Å². The number of ether oxygens (including phenoxy) is 2. The first kappa shape index (κ1) is 21.2. The number of carbonyl (C=O) groups is 1. The van der Waals surface area contributed by atoms with Crippen LogP contribution in [0.1, 0.15) is 32.6 Å². The minimum atomic E-state index is -0.595. The van der Waals surface area contributed by atoms with Crippen molar-refractivity contribution >= 4 is 23.0 Å². The van der Waals surface area contributed by atoms with Gasteiger partial charge < -0.3 is 25.7 Å². The smallest absolute Gasteiger partial charge is 0.257 e. The summed E-state index contributed by atoms with van der Waals surface area (Å²) in [4.78, 5) is 16.3. The molecule has 1 atom stereocenters. The highest BCUT2D eigenvalue weighted by molar-refractivity contribution is 6.11. The van der Waals surface area contributed by atoms with E-state index in [2.05, 4.69) is 15.5 Å². The van der Waals surface area contributed by atoms with Crippen molar-refractivity contribution in [3.63, 3.8) is 0 Å². The molecule has 1 amide bonds. The van der Waals surface area contributed by atoms with Crippen LogP contribution in [0.25, 0.3) is 0 Å². The first-order valence-corrected chi connectivity index (χ1v) is 10.1. The van der Waals surface area contributed by atoms with E-state index in [4.69, 9.17) is 15.2 Å². The largest absolute Gasteiger partial charge is 0.489 e. The number of nitrogen functional groups attached to an aromatic ring is 1. The Morgan fingerprint density at radius 3 is 2.75 bits per heavy atom. The quantitative estimate of drug-likeness (QED) is 0.320. The van der Waals surface area contributed by atoms with Gasteiger partial charge in [-0.05, 0) is 61.7 Å². The molecule has 0 fully saturated rings. The third-order valence-electron chi connectivity index (χ3n) is 5.66.